The van der Waals surface area contributed by atoms with Crippen LogP contribution in [0.25, 0.3) is 0 Å². The number of nitrogens with one attached hydrogen (secondary N) is 1. The van der Waals surface area contributed by atoms with Gasteiger partial charge in [-0.2, -0.15) is 0 Å². The third kappa shape index (κ3) is 4.36. The van der Waals surface area contributed by atoms with E-state index in [-0.39, 0.29) is 41.6 Å². The molecule has 1 aliphatic heterocycles. The number of aromatic hydroxyl groups is 1. The molecule has 0 spiro atoms. The minimum absolute atomic E-state index is 0. The Morgan fingerprint density at radius 2 is 1.89 bits per heavy atom. The van der Waals surface area contributed by atoms with E-state index in [1.807, 2.05) is 6.92 Å². The number of benzene rings is 1. The van der Waals surface area contributed by atoms with Crippen LogP contribution < -0.4 is 5.32 Å². The number of rotatable bonds is 2. The number of halogens is 4. The van der Waals surface area contributed by atoms with Crippen LogP contribution in [0.4, 0.5) is 4.39 Å². The number of piperazine rings is 1. The predicted octanol–water partition coefficient (Wildman–Crippen LogP) is 2.99. The zero-order chi connectivity index (χ0) is 12.4. The monoisotopic (exact) mass is 330 g/mol. The molecule has 1 aliphatic rings. The number of nitrogens with zero attached hydrogens (tertiary/aromatic N) is 1. The second-order valence-corrected chi connectivity index (χ2v) is 4.69. The van der Waals surface area contributed by atoms with Crippen molar-refractivity contribution in [3.05, 3.63) is 28.5 Å². The molecule has 0 unspecified atom stereocenters. The van der Waals surface area contributed by atoms with Crippen LogP contribution in [0.3, 0.4) is 0 Å². The Kier molecular flexibility index (Phi) is 8.01. The quantitative estimate of drug-likeness (QED) is 0.874. The van der Waals surface area contributed by atoms with Crippen molar-refractivity contribution in [1.29, 1.82) is 0 Å². The maximum absolute atomic E-state index is 13.3. The Hall–Kier alpha value is -0.260. The fraction of sp³-hybridized carbons (Fsp3) is 0.500. The van der Waals surface area contributed by atoms with Gasteiger partial charge in [0.1, 0.15) is 11.6 Å². The topological polar surface area (TPSA) is 35.5 Å². The van der Waals surface area contributed by atoms with Gasteiger partial charge in [0.05, 0.1) is 5.02 Å². The van der Waals surface area contributed by atoms with Crippen molar-refractivity contribution in [3.8, 4) is 5.75 Å². The zero-order valence-electron chi connectivity index (χ0n) is 10.5. The Morgan fingerprint density at radius 3 is 2.47 bits per heavy atom. The van der Waals surface area contributed by atoms with E-state index in [0.29, 0.717) is 5.56 Å². The van der Waals surface area contributed by atoms with Crippen LogP contribution >= 0.6 is 36.4 Å². The lowest BCUT2D eigenvalue weighted by Crippen LogP contribution is -2.44. The Morgan fingerprint density at radius 1 is 1.32 bits per heavy atom. The summed E-state index contributed by atoms with van der Waals surface area (Å²) < 4.78 is 13.3. The van der Waals surface area contributed by atoms with Gasteiger partial charge in [-0.1, -0.05) is 11.6 Å². The van der Waals surface area contributed by atoms with Crippen LogP contribution in [0.1, 0.15) is 18.5 Å². The van der Waals surface area contributed by atoms with E-state index >= 15 is 0 Å². The van der Waals surface area contributed by atoms with Crippen LogP contribution in [0.15, 0.2) is 12.1 Å². The average Bonchev–Trinajstić information content (AvgIpc) is 2.34. The van der Waals surface area contributed by atoms with E-state index in [9.17, 15) is 9.50 Å². The largest absolute Gasteiger partial charge is 0.506 e. The van der Waals surface area contributed by atoms with Crippen molar-refractivity contribution < 1.29 is 9.50 Å². The Labute approximate surface area is 129 Å². The molecule has 0 radical (unpaired) electrons. The minimum Gasteiger partial charge on any atom is -0.506 e. The standard InChI is InChI=1S/C12H16ClFN2O.2ClH/c1-8(16-4-2-15-3-5-16)10-6-9(14)7-11(13)12(10)17;;/h6-8,15,17H,2-5H2,1H3;2*1H/t8-;;/m0../s1. The van der Waals surface area contributed by atoms with Crippen LogP contribution in [0.2, 0.25) is 5.02 Å². The first kappa shape index (κ1) is 18.7. The average molecular weight is 332 g/mol. The van der Waals surface area contributed by atoms with Crippen molar-refractivity contribution in [2.75, 3.05) is 26.2 Å². The fourth-order valence-electron chi connectivity index (χ4n) is 2.17. The summed E-state index contributed by atoms with van der Waals surface area (Å²) in [6.45, 7) is 5.54. The normalized spacial score (nSPS) is 17.2. The summed E-state index contributed by atoms with van der Waals surface area (Å²) in [5.41, 5.74) is 0.553. The van der Waals surface area contributed by atoms with Crippen LogP contribution in [0.5, 0.6) is 5.75 Å². The summed E-state index contributed by atoms with van der Waals surface area (Å²) in [7, 11) is 0. The van der Waals surface area contributed by atoms with Crippen molar-refractivity contribution >= 4 is 36.4 Å². The Balaban J connectivity index is 0.00000162. The third-order valence-electron chi connectivity index (χ3n) is 3.21. The smallest absolute Gasteiger partial charge is 0.139 e. The molecule has 1 fully saturated rings. The van der Waals surface area contributed by atoms with Gasteiger partial charge in [-0.05, 0) is 19.1 Å². The van der Waals surface area contributed by atoms with E-state index in [1.165, 1.54) is 6.07 Å². The molecule has 1 aromatic rings. The molecule has 0 bridgehead atoms. The molecule has 0 amide bonds. The van der Waals surface area contributed by atoms with Crippen molar-refractivity contribution in [3.63, 3.8) is 0 Å². The maximum atomic E-state index is 13.3. The second-order valence-electron chi connectivity index (χ2n) is 4.29. The molecule has 1 aromatic carbocycles. The molecular weight excluding hydrogens is 314 g/mol. The van der Waals surface area contributed by atoms with E-state index < -0.39 is 5.82 Å². The molecule has 110 valence electrons. The maximum Gasteiger partial charge on any atom is 0.139 e. The van der Waals surface area contributed by atoms with Gasteiger partial charge >= 0.3 is 0 Å². The summed E-state index contributed by atoms with van der Waals surface area (Å²) in [5, 5.41) is 13.2. The molecule has 0 saturated carbocycles. The van der Waals surface area contributed by atoms with Gasteiger partial charge in [-0.15, -0.1) is 24.8 Å². The summed E-state index contributed by atoms with van der Waals surface area (Å²) in [4.78, 5) is 2.20. The Bertz CT molecular complexity index is 414. The summed E-state index contributed by atoms with van der Waals surface area (Å²) >= 11 is 5.78. The van der Waals surface area contributed by atoms with Crippen LogP contribution in [-0.2, 0) is 0 Å². The van der Waals surface area contributed by atoms with E-state index in [4.69, 9.17) is 11.6 Å². The second kappa shape index (κ2) is 8.12. The van der Waals surface area contributed by atoms with Crippen molar-refractivity contribution in [1.82, 2.24) is 10.2 Å². The van der Waals surface area contributed by atoms with Gasteiger partial charge in [0, 0.05) is 37.8 Å². The number of phenols is 1. The molecule has 2 N–H and O–H groups in total. The van der Waals surface area contributed by atoms with Crippen molar-refractivity contribution in [2.24, 2.45) is 0 Å². The highest BCUT2D eigenvalue weighted by Gasteiger charge is 2.22. The van der Waals surface area contributed by atoms with Gasteiger partial charge in [0.25, 0.3) is 0 Å². The molecule has 1 saturated heterocycles. The first-order valence-corrected chi connectivity index (χ1v) is 6.10. The number of hydrogen-bond donors (Lipinski definition) is 2. The number of hydrogen-bond acceptors (Lipinski definition) is 3. The highest BCUT2D eigenvalue weighted by molar-refractivity contribution is 6.32. The minimum atomic E-state index is -0.412. The predicted molar refractivity (Wildman–Crippen MR) is 80.4 cm³/mol. The molecule has 2 rings (SSSR count). The first-order valence-electron chi connectivity index (χ1n) is 5.72. The van der Waals surface area contributed by atoms with Gasteiger partial charge < -0.3 is 10.4 Å². The van der Waals surface area contributed by atoms with Gasteiger partial charge in [0.15, 0.2) is 0 Å². The molecule has 1 heterocycles. The molecule has 7 heteroatoms. The van der Waals surface area contributed by atoms with E-state index in [2.05, 4.69) is 10.2 Å². The highest BCUT2D eigenvalue weighted by atomic mass is 35.5. The van der Waals surface area contributed by atoms with Gasteiger partial charge in [-0.3, -0.25) is 4.90 Å². The van der Waals surface area contributed by atoms with E-state index in [0.717, 1.165) is 32.2 Å². The molecule has 19 heavy (non-hydrogen) atoms. The summed E-state index contributed by atoms with van der Waals surface area (Å²) in [5.74, 6) is -0.427. The lowest BCUT2D eigenvalue weighted by Gasteiger charge is -2.33. The van der Waals surface area contributed by atoms with Crippen molar-refractivity contribution in [2.45, 2.75) is 13.0 Å². The lowest BCUT2D eigenvalue weighted by atomic mass is 10.0. The first-order chi connectivity index (χ1) is 8.09. The SMILES string of the molecule is C[C@@H](c1cc(F)cc(Cl)c1O)N1CCNCC1.Cl.Cl. The molecular formula is C12H18Cl3FN2O. The van der Waals surface area contributed by atoms with E-state index in [1.54, 1.807) is 0 Å². The third-order valence-corrected chi connectivity index (χ3v) is 3.50. The van der Waals surface area contributed by atoms with Crippen LogP contribution in [0, 0.1) is 5.82 Å². The molecule has 3 nitrogen and oxygen atoms in total. The van der Waals surface area contributed by atoms with Crippen LogP contribution in [-0.4, -0.2) is 36.2 Å². The molecule has 1 atom stereocenters. The van der Waals surface area contributed by atoms with Gasteiger partial charge in [-0.25, -0.2) is 4.39 Å². The summed E-state index contributed by atoms with van der Waals surface area (Å²) in [6, 6.07) is 2.45. The highest BCUT2D eigenvalue weighted by Crippen LogP contribution is 2.35. The fourth-order valence-corrected chi connectivity index (χ4v) is 2.38. The zero-order valence-corrected chi connectivity index (χ0v) is 12.9. The summed E-state index contributed by atoms with van der Waals surface area (Å²) in [6.07, 6.45) is 0. The lowest BCUT2D eigenvalue weighted by molar-refractivity contribution is 0.182. The number of phenolic OH excluding ortho intramolecular Hbond substituents is 1. The molecule has 0 aromatic heterocycles. The van der Waals surface area contributed by atoms with Gasteiger partial charge in [0.2, 0.25) is 0 Å². The molecule has 0 aliphatic carbocycles.